The van der Waals surface area contributed by atoms with E-state index in [-0.39, 0.29) is 21.6 Å². The normalized spacial score (nSPS) is 35.5. The highest BCUT2D eigenvalue weighted by atomic mass is 79.9. The van der Waals surface area contributed by atoms with Gasteiger partial charge in [0.1, 0.15) is 0 Å². The van der Waals surface area contributed by atoms with E-state index < -0.39 is 0 Å². The number of rotatable bonds is 3. The van der Waals surface area contributed by atoms with Gasteiger partial charge in [0.05, 0.1) is 18.1 Å². The van der Waals surface area contributed by atoms with Crippen molar-refractivity contribution in [2.75, 3.05) is 12.4 Å². The van der Waals surface area contributed by atoms with E-state index in [0.717, 1.165) is 24.8 Å². The number of ether oxygens (including phenoxy) is 1. The molecule has 5 heteroatoms. The van der Waals surface area contributed by atoms with Crippen LogP contribution in [0.25, 0.3) is 0 Å². The molecule has 4 atom stereocenters. The Hall–Kier alpha value is -1.36. The van der Waals surface area contributed by atoms with Crippen LogP contribution in [0.15, 0.2) is 18.2 Å². The average molecular weight is 406 g/mol. The molecule has 4 saturated carbocycles. The molecule has 4 aliphatic rings. The molecule has 134 valence electrons. The average Bonchev–Trinajstić information content (AvgIpc) is 2.53. The van der Waals surface area contributed by atoms with Gasteiger partial charge in [0.25, 0.3) is 0 Å². The van der Waals surface area contributed by atoms with Crippen LogP contribution < -0.4 is 5.32 Å². The molecular weight excluding hydrogens is 382 g/mol. The Kier molecular flexibility index (Phi) is 3.98. The fraction of sp³-hybridized carbons (Fsp3) is 0.600. The quantitative estimate of drug-likeness (QED) is 0.596. The molecule has 4 bridgehead atoms. The van der Waals surface area contributed by atoms with E-state index >= 15 is 0 Å². The fourth-order valence-corrected chi connectivity index (χ4v) is 7.13. The number of carbonyl (C=O) groups is 2. The van der Waals surface area contributed by atoms with E-state index in [1.54, 1.807) is 12.1 Å². The minimum Gasteiger partial charge on any atom is -0.465 e. The number of carbonyl (C=O) groups excluding carboxylic acids is 2. The second kappa shape index (κ2) is 5.83. The number of hydrogen-bond acceptors (Lipinski definition) is 3. The van der Waals surface area contributed by atoms with E-state index in [1.165, 1.54) is 26.4 Å². The minimum atomic E-state index is -0.385. The van der Waals surface area contributed by atoms with Crippen LogP contribution in [0, 0.1) is 24.2 Å². The van der Waals surface area contributed by atoms with Crippen molar-refractivity contribution < 1.29 is 14.3 Å². The van der Waals surface area contributed by atoms with Crippen LogP contribution in [0.4, 0.5) is 5.69 Å². The van der Waals surface area contributed by atoms with Crippen molar-refractivity contribution in [3.63, 3.8) is 0 Å². The van der Waals surface area contributed by atoms with Crippen LogP contribution in [0.5, 0.6) is 0 Å². The van der Waals surface area contributed by atoms with Gasteiger partial charge in [0.15, 0.2) is 0 Å². The third-order valence-electron chi connectivity index (χ3n) is 6.38. The Morgan fingerprint density at radius 2 is 1.88 bits per heavy atom. The molecule has 0 radical (unpaired) electrons. The Morgan fingerprint density at radius 1 is 1.20 bits per heavy atom. The molecule has 4 nitrogen and oxygen atoms in total. The molecule has 0 heterocycles. The van der Waals surface area contributed by atoms with E-state index in [0.29, 0.717) is 23.1 Å². The largest absolute Gasteiger partial charge is 0.465 e. The number of benzene rings is 1. The number of esters is 1. The number of methoxy groups -OCH3 is 1. The molecule has 1 amide bonds. The molecule has 1 aromatic rings. The molecule has 4 fully saturated rings. The second-order valence-electron chi connectivity index (χ2n) is 8.37. The zero-order valence-corrected chi connectivity index (χ0v) is 16.3. The number of anilines is 1. The predicted octanol–water partition coefficient (Wildman–Crippen LogP) is 4.45. The third kappa shape index (κ3) is 2.90. The topological polar surface area (TPSA) is 55.4 Å². The molecule has 0 saturated heterocycles. The first kappa shape index (κ1) is 17.1. The first-order chi connectivity index (χ1) is 11.8. The van der Waals surface area contributed by atoms with Crippen molar-refractivity contribution in [3.05, 3.63) is 29.3 Å². The molecule has 25 heavy (non-hydrogen) atoms. The van der Waals surface area contributed by atoms with Crippen LogP contribution >= 0.6 is 15.9 Å². The lowest BCUT2D eigenvalue weighted by Gasteiger charge is -2.59. The lowest BCUT2D eigenvalue weighted by Crippen LogP contribution is -2.57. The summed E-state index contributed by atoms with van der Waals surface area (Å²) in [7, 11) is 1.37. The molecule has 0 spiro atoms. The monoisotopic (exact) mass is 405 g/mol. The van der Waals surface area contributed by atoms with Crippen molar-refractivity contribution in [2.24, 2.45) is 17.3 Å². The maximum Gasteiger partial charge on any atom is 0.337 e. The van der Waals surface area contributed by atoms with Crippen molar-refractivity contribution in [1.29, 1.82) is 0 Å². The van der Waals surface area contributed by atoms with Gasteiger partial charge in [0, 0.05) is 10.0 Å². The summed E-state index contributed by atoms with van der Waals surface area (Å²) in [5.74, 6) is 1.06. The minimum absolute atomic E-state index is 0.121. The Morgan fingerprint density at radius 3 is 2.48 bits per heavy atom. The van der Waals surface area contributed by atoms with E-state index in [4.69, 9.17) is 4.74 Å². The summed E-state index contributed by atoms with van der Waals surface area (Å²) < 4.78 is 4.94. The van der Waals surface area contributed by atoms with E-state index in [9.17, 15) is 9.59 Å². The number of halogens is 1. The lowest BCUT2D eigenvalue weighted by atomic mass is 9.49. The Bertz CT molecular complexity index is 730. The number of alkyl halides is 1. The van der Waals surface area contributed by atoms with Crippen LogP contribution in [0.3, 0.4) is 0 Å². The van der Waals surface area contributed by atoms with Gasteiger partial charge >= 0.3 is 5.97 Å². The smallest absolute Gasteiger partial charge is 0.337 e. The molecule has 0 aromatic heterocycles. The van der Waals surface area contributed by atoms with Crippen LogP contribution in [-0.4, -0.2) is 23.3 Å². The van der Waals surface area contributed by atoms with Gasteiger partial charge in [-0.25, -0.2) is 4.79 Å². The number of nitrogens with one attached hydrogen (secondary N) is 1. The zero-order chi connectivity index (χ0) is 17.8. The molecule has 2 unspecified atom stereocenters. The number of hydrogen-bond donors (Lipinski definition) is 1. The molecule has 1 N–H and O–H groups in total. The SMILES string of the molecule is COC(=O)c1ccc(C)c(NC(=O)C23C[C@@H]4C[C@@H](CC(Br)(C4)C2)C3)c1. The lowest BCUT2D eigenvalue weighted by molar-refractivity contribution is -0.138. The molecule has 0 aliphatic heterocycles. The molecule has 5 rings (SSSR count). The zero-order valence-electron chi connectivity index (χ0n) is 14.7. The second-order valence-corrected chi connectivity index (χ2v) is 10.0. The fourth-order valence-electron chi connectivity index (χ4n) is 5.67. The van der Waals surface area contributed by atoms with Crippen LogP contribution in [-0.2, 0) is 9.53 Å². The van der Waals surface area contributed by atoms with Gasteiger partial charge < -0.3 is 10.1 Å². The maximum atomic E-state index is 13.3. The van der Waals surface area contributed by atoms with E-state index in [2.05, 4.69) is 21.2 Å². The van der Waals surface area contributed by atoms with Gasteiger partial charge in [-0.2, -0.15) is 0 Å². The van der Waals surface area contributed by atoms with Gasteiger partial charge in [-0.3, -0.25) is 4.79 Å². The van der Waals surface area contributed by atoms with Crippen molar-refractivity contribution in [2.45, 2.75) is 49.8 Å². The molecular formula is C20H24BrNO3. The van der Waals surface area contributed by atoms with Crippen LogP contribution in [0.2, 0.25) is 0 Å². The predicted molar refractivity (Wildman–Crippen MR) is 99.9 cm³/mol. The summed E-state index contributed by atoms with van der Waals surface area (Å²) in [4.78, 5) is 25.0. The van der Waals surface area contributed by atoms with E-state index in [1.807, 2.05) is 13.0 Å². The maximum absolute atomic E-state index is 13.3. The summed E-state index contributed by atoms with van der Waals surface area (Å²) in [5, 5.41) is 3.14. The number of amides is 1. The summed E-state index contributed by atoms with van der Waals surface area (Å²) >= 11 is 3.96. The first-order valence-corrected chi connectivity index (χ1v) is 9.81. The molecule has 4 aliphatic carbocycles. The highest BCUT2D eigenvalue weighted by Gasteiger charge is 2.59. The standard InChI is InChI=1S/C20H24BrNO3/c1-12-3-4-15(17(23)25-2)6-16(12)22-18(24)19-7-13-5-14(8-19)10-20(21,9-13)11-19/h3-4,6,13-14H,5,7-11H2,1-2H3,(H,22,24)/t13-,14+,19?,20?. The summed E-state index contributed by atoms with van der Waals surface area (Å²) in [6.07, 6.45) is 6.61. The Balaban J connectivity index is 1.59. The van der Waals surface area contributed by atoms with Crippen molar-refractivity contribution >= 4 is 33.5 Å². The summed E-state index contributed by atoms with van der Waals surface area (Å²) in [6, 6.07) is 5.31. The van der Waals surface area contributed by atoms with Gasteiger partial charge in [0.2, 0.25) is 5.91 Å². The van der Waals surface area contributed by atoms with Crippen molar-refractivity contribution in [1.82, 2.24) is 0 Å². The van der Waals surface area contributed by atoms with Gasteiger partial charge in [-0.05, 0) is 75.0 Å². The van der Waals surface area contributed by atoms with Crippen LogP contribution in [0.1, 0.15) is 54.4 Å². The van der Waals surface area contributed by atoms with Crippen molar-refractivity contribution in [3.8, 4) is 0 Å². The number of aryl methyl sites for hydroxylation is 1. The van der Waals surface area contributed by atoms with Gasteiger partial charge in [-0.1, -0.05) is 22.0 Å². The molecule has 1 aromatic carbocycles. The third-order valence-corrected chi connectivity index (χ3v) is 7.31. The first-order valence-electron chi connectivity index (χ1n) is 9.02. The Labute approximate surface area is 156 Å². The van der Waals surface area contributed by atoms with Gasteiger partial charge in [-0.15, -0.1) is 0 Å². The summed E-state index contributed by atoms with van der Waals surface area (Å²) in [5.41, 5.74) is 1.87. The summed E-state index contributed by atoms with van der Waals surface area (Å²) in [6.45, 7) is 1.95. The highest BCUT2D eigenvalue weighted by molar-refractivity contribution is 9.10. The highest BCUT2D eigenvalue weighted by Crippen LogP contribution is 2.64.